The smallest absolute Gasteiger partial charge is 0.338 e. The number of benzene rings is 2. The molecule has 3 aromatic rings. The van der Waals surface area contributed by atoms with Crippen LogP contribution in [0.1, 0.15) is 60.5 Å². The van der Waals surface area contributed by atoms with Gasteiger partial charge in [-0.3, -0.25) is 9.48 Å². The maximum absolute atomic E-state index is 11.9. The number of hydrogen-bond acceptors (Lipinski definition) is 11. The summed E-state index contributed by atoms with van der Waals surface area (Å²) in [6.45, 7) is 2.22. The average Bonchev–Trinajstić information content (AvgIpc) is 3.40. The minimum Gasteiger partial charge on any atom is -0.493 e. The van der Waals surface area contributed by atoms with Gasteiger partial charge in [-0.1, -0.05) is 5.21 Å². The third-order valence-electron chi connectivity index (χ3n) is 5.26. The molecule has 38 heavy (non-hydrogen) atoms. The van der Waals surface area contributed by atoms with Crippen LogP contribution in [-0.2, 0) is 27.4 Å². The lowest BCUT2D eigenvalue weighted by Gasteiger charge is -2.09. The summed E-state index contributed by atoms with van der Waals surface area (Å²) in [4.78, 5) is 47.5. The maximum atomic E-state index is 11.9. The molecule has 0 bridgehead atoms. The number of esters is 3. The first kappa shape index (κ1) is 27.8. The molecule has 0 spiro atoms. The second-order valence-electron chi connectivity index (χ2n) is 7.99. The standard InChI is InChI=1S/C26H27N3O9/c1-16(30)17-8-18(24(31)34-2)11-22(10-17)37-7-5-6-29-14-21(27-28-29)15-38-23-12-19(25(32)35-3)9-20(13-23)26(33)36-4/h8-14H,5-7,15H2,1-4H3. The molecule has 0 saturated heterocycles. The number of Topliss-reactive ketones (excluding diaryl/α,β-unsaturated/α-hetero) is 1. The maximum Gasteiger partial charge on any atom is 0.338 e. The zero-order valence-electron chi connectivity index (χ0n) is 21.4. The highest BCUT2D eigenvalue weighted by molar-refractivity contribution is 5.98. The molecular weight excluding hydrogens is 498 g/mol. The summed E-state index contributed by atoms with van der Waals surface area (Å²) in [5.74, 6) is -1.36. The number of carbonyl (C=O) groups is 4. The van der Waals surface area contributed by atoms with Crippen LogP contribution in [0.25, 0.3) is 0 Å². The summed E-state index contributed by atoms with van der Waals surface area (Å²) in [5.41, 5.74) is 1.38. The Balaban J connectivity index is 1.56. The fourth-order valence-corrected chi connectivity index (χ4v) is 3.36. The fourth-order valence-electron chi connectivity index (χ4n) is 3.36. The number of methoxy groups -OCH3 is 3. The monoisotopic (exact) mass is 525 g/mol. The first-order chi connectivity index (χ1) is 18.2. The van der Waals surface area contributed by atoms with Crippen molar-refractivity contribution in [2.75, 3.05) is 27.9 Å². The zero-order valence-corrected chi connectivity index (χ0v) is 21.4. The average molecular weight is 526 g/mol. The molecule has 0 atom stereocenters. The molecule has 0 aliphatic carbocycles. The van der Waals surface area contributed by atoms with E-state index in [1.165, 1.54) is 58.6 Å². The van der Waals surface area contributed by atoms with Crippen LogP contribution in [0.4, 0.5) is 0 Å². The van der Waals surface area contributed by atoms with Crippen molar-refractivity contribution in [3.63, 3.8) is 0 Å². The van der Waals surface area contributed by atoms with Crippen LogP contribution in [0.5, 0.6) is 11.5 Å². The molecule has 0 N–H and O–H groups in total. The normalized spacial score (nSPS) is 10.4. The third-order valence-corrected chi connectivity index (χ3v) is 5.26. The van der Waals surface area contributed by atoms with Crippen LogP contribution in [0.15, 0.2) is 42.6 Å². The summed E-state index contributed by atoms with van der Waals surface area (Å²) in [7, 11) is 3.74. The highest BCUT2D eigenvalue weighted by Crippen LogP contribution is 2.21. The van der Waals surface area contributed by atoms with Gasteiger partial charge in [0.1, 0.15) is 23.8 Å². The van der Waals surface area contributed by atoms with Crippen LogP contribution in [0.3, 0.4) is 0 Å². The fraction of sp³-hybridized carbons (Fsp3) is 0.308. The molecule has 12 heteroatoms. The Morgan fingerprint density at radius 1 is 0.737 bits per heavy atom. The molecule has 0 fully saturated rings. The van der Waals surface area contributed by atoms with E-state index in [2.05, 4.69) is 10.3 Å². The molecule has 1 heterocycles. The summed E-state index contributed by atoms with van der Waals surface area (Å²) in [6.07, 6.45) is 2.25. The van der Waals surface area contributed by atoms with E-state index >= 15 is 0 Å². The van der Waals surface area contributed by atoms with Crippen molar-refractivity contribution in [2.45, 2.75) is 26.5 Å². The molecule has 2 aromatic carbocycles. The zero-order chi connectivity index (χ0) is 27.7. The number of rotatable bonds is 12. The van der Waals surface area contributed by atoms with Gasteiger partial charge in [-0.2, -0.15) is 0 Å². The van der Waals surface area contributed by atoms with Crippen molar-refractivity contribution >= 4 is 23.7 Å². The first-order valence-electron chi connectivity index (χ1n) is 11.4. The quantitative estimate of drug-likeness (QED) is 0.149. The Morgan fingerprint density at radius 2 is 1.24 bits per heavy atom. The van der Waals surface area contributed by atoms with Crippen molar-refractivity contribution < 1.29 is 42.9 Å². The van der Waals surface area contributed by atoms with Gasteiger partial charge >= 0.3 is 17.9 Å². The van der Waals surface area contributed by atoms with Gasteiger partial charge in [0.05, 0.1) is 50.8 Å². The lowest BCUT2D eigenvalue weighted by atomic mass is 10.1. The number of nitrogens with zero attached hydrogens (tertiary/aromatic N) is 3. The number of carbonyl (C=O) groups excluding carboxylic acids is 4. The van der Waals surface area contributed by atoms with E-state index in [1.807, 2.05) is 0 Å². The highest BCUT2D eigenvalue weighted by Gasteiger charge is 2.15. The molecule has 0 amide bonds. The Morgan fingerprint density at radius 3 is 1.76 bits per heavy atom. The molecule has 12 nitrogen and oxygen atoms in total. The molecular formula is C26H27N3O9. The molecule has 3 rings (SSSR count). The van der Waals surface area contributed by atoms with Gasteiger partial charge in [0.15, 0.2) is 5.78 Å². The largest absolute Gasteiger partial charge is 0.493 e. The van der Waals surface area contributed by atoms with Crippen molar-refractivity contribution in [2.24, 2.45) is 0 Å². The van der Waals surface area contributed by atoms with Gasteiger partial charge in [-0.05, 0) is 43.3 Å². The Hall–Kier alpha value is -4.74. The molecule has 1 aromatic heterocycles. The van der Waals surface area contributed by atoms with Crippen molar-refractivity contribution in [1.82, 2.24) is 15.0 Å². The van der Waals surface area contributed by atoms with E-state index in [0.717, 1.165) is 0 Å². The van der Waals surface area contributed by atoms with E-state index in [0.29, 0.717) is 36.6 Å². The summed E-state index contributed by atoms with van der Waals surface area (Å²) >= 11 is 0. The highest BCUT2D eigenvalue weighted by atomic mass is 16.5. The third kappa shape index (κ3) is 7.38. The summed E-state index contributed by atoms with van der Waals surface area (Å²) < 4.78 is 27.2. The Bertz CT molecular complexity index is 1300. The number of aryl methyl sites for hydroxylation is 1. The van der Waals surface area contributed by atoms with E-state index in [4.69, 9.17) is 23.7 Å². The van der Waals surface area contributed by atoms with Crippen molar-refractivity contribution in [3.8, 4) is 11.5 Å². The van der Waals surface area contributed by atoms with Gasteiger partial charge in [-0.15, -0.1) is 5.10 Å². The second kappa shape index (κ2) is 13.0. The van der Waals surface area contributed by atoms with Crippen molar-refractivity contribution in [1.29, 1.82) is 0 Å². The molecule has 200 valence electrons. The van der Waals surface area contributed by atoms with Crippen LogP contribution in [-0.4, -0.2) is 66.6 Å². The van der Waals surface area contributed by atoms with Gasteiger partial charge in [0.2, 0.25) is 0 Å². The van der Waals surface area contributed by atoms with E-state index in [1.54, 1.807) is 16.9 Å². The van der Waals surface area contributed by atoms with Gasteiger partial charge in [0, 0.05) is 18.5 Å². The van der Waals surface area contributed by atoms with E-state index < -0.39 is 17.9 Å². The minimum absolute atomic E-state index is 0.0376. The molecule has 0 aliphatic heterocycles. The van der Waals surface area contributed by atoms with Crippen LogP contribution in [0, 0.1) is 0 Å². The summed E-state index contributed by atoms with van der Waals surface area (Å²) in [6, 6.07) is 8.81. The van der Waals surface area contributed by atoms with E-state index in [9.17, 15) is 19.2 Å². The minimum atomic E-state index is -0.622. The van der Waals surface area contributed by atoms with Crippen molar-refractivity contribution in [3.05, 3.63) is 70.5 Å². The lowest BCUT2D eigenvalue weighted by Crippen LogP contribution is -2.08. The van der Waals surface area contributed by atoms with Gasteiger partial charge < -0.3 is 23.7 Å². The predicted octanol–water partition coefficient (Wildman–Crippen LogP) is 2.89. The molecule has 0 unspecified atom stereocenters. The van der Waals surface area contributed by atoms with Crippen LogP contribution < -0.4 is 9.47 Å². The number of hydrogen-bond donors (Lipinski definition) is 0. The summed E-state index contributed by atoms with van der Waals surface area (Å²) in [5, 5.41) is 8.12. The topological polar surface area (TPSA) is 145 Å². The molecule has 0 radical (unpaired) electrons. The lowest BCUT2D eigenvalue weighted by molar-refractivity contribution is 0.0586. The number of ketones is 1. The first-order valence-corrected chi connectivity index (χ1v) is 11.4. The second-order valence-corrected chi connectivity index (χ2v) is 7.99. The van der Waals surface area contributed by atoms with Crippen LogP contribution in [0.2, 0.25) is 0 Å². The molecule has 0 aliphatic rings. The van der Waals surface area contributed by atoms with Crippen LogP contribution >= 0.6 is 0 Å². The number of ether oxygens (including phenoxy) is 5. The molecule has 0 saturated carbocycles. The Kier molecular flexibility index (Phi) is 9.52. The van der Waals surface area contributed by atoms with Gasteiger partial charge in [0.25, 0.3) is 0 Å². The SMILES string of the molecule is COC(=O)c1cc(OCCCn2cc(COc3cc(C(=O)OC)cc(C(=O)OC)c3)nn2)cc(C(C)=O)c1. The predicted molar refractivity (Wildman–Crippen MR) is 131 cm³/mol. The van der Waals surface area contributed by atoms with E-state index in [-0.39, 0.29) is 34.8 Å². The Labute approximate surface area is 218 Å². The number of aromatic nitrogens is 3. The van der Waals surface area contributed by atoms with Gasteiger partial charge in [-0.25, -0.2) is 14.4 Å².